The number of carboxylic acid groups (broad SMARTS) is 1. The lowest BCUT2D eigenvalue weighted by Gasteiger charge is -2.41. The van der Waals surface area contributed by atoms with Gasteiger partial charge in [0.05, 0.1) is 0 Å². The molecule has 122 valence electrons. The van der Waals surface area contributed by atoms with Crippen LogP contribution in [0.25, 0.3) is 5.57 Å². The normalized spacial score (nSPS) is 23.8. The van der Waals surface area contributed by atoms with Crippen molar-refractivity contribution in [2.24, 2.45) is 5.92 Å². The molecule has 24 heavy (non-hydrogen) atoms. The van der Waals surface area contributed by atoms with Crippen molar-refractivity contribution in [3.8, 4) is 0 Å². The van der Waals surface area contributed by atoms with Gasteiger partial charge in [0, 0.05) is 5.92 Å². The second-order valence-electron chi connectivity index (χ2n) is 6.49. The number of benzene rings is 2. The summed E-state index contributed by atoms with van der Waals surface area (Å²) in [7, 11) is 0. The van der Waals surface area contributed by atoms with Gasteiger partial charge < -0.3 is 5.11 Å². The minimum absolute atomic E-state index is 0.162. The highest BCUT2D eigenvalue weighted by atomic mass is 16.4. The molecule has 1 aliphatic carbocycles. The zero-order valence-corrected chi connectivity index (χ0v) is 14.3. The average Bonchev–Trinajstić information content (AvgIpc) is 2.56. The van der Waals surface area contributed by atoms with Crippen molar-refractivity contribution in [2.45, 2.75) is 26.2 Å². The fraction of sp³-hybridized carbons (Fsp3) is 0.227. The fourth-order valence-electron chi connectivity index (χ4n) is 4.17. The van der Waals surface area contributed by atoms with Crippen molar-refractivity contribution in [1.29, 1.82) is 0 Å². The number of carboxylic acids is 1. The summed E-state index contributed by atoms with van der Waals surface area (Å²) in [6.45, 7) is 6.03. The second kappa shape index (κ2) is 6.12. The van der Waals surface area contributed by atoms with Crippen molar-refractivity contribution in [3.63, 3.8) is 0 Å². The lowest BCUT2D eigenvalue weighted by molar-refractivity contribution is -0.143. The molecule has 2 nitrogen and oxygen atoms in total. The summed E-state index contributed by atoms with van der Waals surface area (Å²) in [4.78, 5) is 12.5. The molecule has 0 fully saturated rings. The van der Waals surface area contributed by atoms with Gasteiger partial charge in [-0.25, -0.2) is 0 Å². The van der Waals surface area contributed by atoms with E-state index in [2.05, 4.69) is 19.1 Å². The molecule has 3 rings (SSSR count). The Bertz CT molecular complexity index is 816. The Morgan fingerprint density at radius 1 is 0.958 bits per heavy atom. The van der Waals surface area contributed by atoms with E-state index in [-0.39, 0.29) is 5.92 Å². The SMILES string of the molecule is CC1=CC(C)=C(c2ccccc2)C(C)C1(C(=O)O)c1ccccc1. The average molecular weight is 318 g/mol. The van der Waals surface area contributed by atoms with Gasteiger partial charge in [0.1, 0.15) is 5.41 Å². The van der Waals surface area contributed by atoms with Gasteiger partial charge in [-0.2, -0.15) is 0 Å². The third-order valence-corrected chi connectivity index (χ3v) is 5.21. The van der Waals surface area contributed by atoms with Crippen molar-refractivity contribution < 1.29 is 9.90 Å². The molecule has 0 aromatic heterocycles. The lowest BCUT2D eigenvalue weighted by atomic mass is 9.60. The van der Waals surface area contributed by atoms with Gasteiger partial charge in [-0.05, 0) is 36.1 Å². The van der Waals surface area contributed by atoms with Gasteiger partial charge in [0.25, 0.3) is 0 Å². The van der Waals surface area contributed by atoms with Gasteiger partial charge in [-0.1, -0.05) is 79.2 Å². The van der Waals surface area contributed by atoms with Gasteiger partial charge in [0.15, 0.2) is 0 Å². The topological polar surface area (TPSA) is 37.3 Å². The fourth-order valence-corrected chi connectivity index (χ4v) is 4.17. The maximum Gasteiger partial charge on any atom is 0.318 e. The van der Waals surface area contributed by atoms with E-state index < -0.39 is 11.4 Å². The molecule has 0 aliphatic heterocycles. The van der Waals surface area contributed by atoms with Crippen LogP contribution in [0, 0.1) is 5.92 Å². The zero-order valence-electron chi connectivity index (χ0n) is 14.3. The third-order valence-electron chi connectivity index (χ3n) is 5.21. The van der Waals surface area contributed by atoms with Crippen LogP contribution in [0.2, 0.25) is 0 Å². The highest BCUT2D eigenvalue weighted by Gasteiger charge is 2.50. The predicted octanol–water partition coefficient (Wildman–Crippen LogP) is 5.08. The molecule has 2 unspecified atom stereocenters. The molecule has 0 saturated heterocycles. The molecule has 0 heterocycles. The van der Waals surface area contributed by atoms with Gasteiger partial charge in [-0.15, -0.1) is 0 Å². The first-order valence-corrected chi connectivity index (χ1v) is 8.23. The Balaban J connectivity index is 2.27. The Morgan fingerprint density at radius 2 is 1.50 bits per heavy atom. The zero-order chi connectivity index (χ0) is 17.3. The van der Waals surface area contributed by atoms with Crippen LogP contribution in [0.15, 0.2) is 77.9 Å². The maximum absolute atomic E-state index is 12.5. The molecule has 1 N–H and O–H groups in total. The van der Waals surface area contributed by atoms with E-state index in [1.807, 2.05) is 68.5 Å². The number of aliphatic carboxylic acids is 1. The molecule has 2 atom stereocenters. The first-order chi connectivity index (χ1) is 11.5. The standard InChI is InChI=1S/C22H22O2/c1-15-14-16(2)22(21(23)24,19-12-8-5-9-13-19)17(3)20(15)18-10-6-4-7-11-18/h4-14,17H,1-3H3,(H,23,24). The van der Waals surface area contributed by atoms with Crippen LogP contribution < -0.4 is 0 Å². The van der Waals surface area contributed by atoms with Crippen LogP contribution in [0.3, 0.4) is 0 Å². The highest BCUT2D eigenvalue weighted by molar-refractivity contribution is 5.92. The van der Waals surface area contributed by atoms with Crippen LogP contribution in [-0.2, 0) is 10.2 Å². The number of hydrogen-bond donors (Lipinski definition) is 1. The minimum Gasteiger partial charge on any atom is -0.480 e. The third kappa shape index (κ3) is 2.30. The summed E-state index contributed by atoms with van der Waals surface area (Å²) in [5, 5.41) is 10.3. The number of allylic oxidation sites excluding steroid dienone is 3. The Hall–Kier alpha value is -2.61. The van der Waals surface area contributed by atoms with Gasteiger partial charge >= 0.3 is 5.97 Å². The summed E-state index contributed by atoms with van der Waals surface area (Å²) in [6, 6.07) is 19.7. The number of rotatable bonds is 3. The molecule has 2 heteroatoms. The second-order valence-corrected chi connectivity index (χ2v) is 6.49. The van der Waals surface area contributed by atoms with E-state index in [0.717, 1.165) is 27.8 Å². The molecule has 1 aliphatic rings. The molecule has 0 spiro atoms. The Kier molecular flexibility index (Phi) is 4.15. The molecule has 0 amide bonds. The van der Waals surface area contributed by atoms with E-state index in [1.54, 1.807) is 0 Å². The largest absolute Gasteiger partial charge is 0.480 e. The summed E-state index contributed by atoms with van der Waals surface area (Å²) in [5.74, 6) is -0.958. The van der Waals surface area contributed by atoms with E-state index >= 15 is 0 Å². The van der Waals surface area contributed by atoms with Crippen molar-refractivity contribution in [1.82, 2.24) is 0 Å². The first-order valence-electron chi connectivity index (χ1n) is 8.23. The van der Waals surface area contributed by atoms with E-state index in [1.165, 1.54) is 0 Å². The predicted molar refractivity (Wildman–Crippen MR) is 97.7 cm³/mol. The molecule has 2 aromatic rings. The van der Waals surface area contributed by atoms with Crippen LogP contribution in [0.5, 0.6) is 0 Å². The molecule has 0 bridgehead atoms. The lowest BCUT2D eigenvalue weighted by Crippen LogP contribution is -2.45. The van der Waals surface area contributed by atoms with Crippen molar-refractivity contribution in [3.05, 3.63) is 89.0 Å². The van der Waals surface area contributed by atoms with E-state index in [0.29, 0.717) is 0 Å². The molecular formula is C22H22O2. The maximum atomic E-state index is 12.5. The summed E-state index contributed by atoms with van der Waals surface area (Å²) in [6.07, 6.45) is 2.03. The summed E-state index contributed by atoms with van der Waals surface area (Å²) < 4.78 is 0. The van der Waals surface area contributed by atoms with Crippen LogP contribution in [-0.4, -0.2) is 11.1 Å². The molecule has 0 saturated carbocycles. The number of hydrogen-bond acceptors (Lipinski definition) is 1. The summed E-state index contributed by atoms with van der Waals surface area (Å²) >= 11 is 0. The number of carbonyl (C=O) groups is 1. The molecule has 0 radical (unpaired) electrons. The quantitative estimate of drug-likeness (QED) is 0.857. The van der Waals surface area contributed by atoms with E-state index in [4.69, 9.17) is 0 Å². The minimum atomic E-state index is -1.04. The van der Waals surface area contributed by atoms with Crippen LogP contribution >= 0.6 is 0 Å². The molecular weight excluding hydrogens is 296 g/mol. The van der Waals surface area contributed by atoms with Crippen molar-refractivity contribution in [2.75, 3.05) is 0 Å². The van der Waals surface area contributed by atoms with E-state index in [9.17, 15) is 9.90 Å². The van der Waals surface area contributed by atoms with Crippen molar-refractivity contribution >= 4 is 11.5 Å². The highest BCUT2D eigenvalue weighted by Crippen LogP contribution is 2.50. The Morgan fingerprint density at radius 3 is 2.04 bits per heavy atom. The summed E-state index contributed by atoms with van der Waals surface area (Å²) in [5.41, 5.74) is 4.01. The first kappa shape index (κ1) is 16.3. The monoisotopic (exact) mass is 318 g/mol. The molecule has 2 aromatic carbocycles. The van der Waals surface area contributed by atoms with Crippen LogP contribution in [0.1, 0.15) is 31.9 Å². The van der Waals surface area contributed by atoms with Gasteiger partial charge in [0.2, 0.25) is 0 Å². The smallest absolute Gasteiger partial charge is 0.318 e. The van der Waals surface area contributed by atoms with Crippen LogP contribution in [0.4, 0.5) is 0 Å². The van der Waals surface area contributed by atoms with Gasteiger partial charge in [-0.3, -0.25) is 4.79 Å². The Labute approximate surface area is 143 Å².